The number of amides is 1. The molecule has 0 radical (unpaired) electrons. The van der Waals surface area contributed by atoms with E-state index in [0.717, 1.165) is 40.7 Å². The number of alkyl carbamates (subject to hydrolysis) is 1. The summed E-state index contributed by atoms with van der Waals surface area (Å²) < 4.78 is 24.5. The highest BCUT2D eigenvalue weighted by Crippen LogP contribution is 2.44. The molecule has 5 aromatic rings. The second-order valence-corrected chi connectivity index (χ2v) is 14.2. The van der Waals surface area contributed by atoms with Gasteiger partial charge in [-0.1, -0.05) is 106 Å². The van der Waals surface area contributed by atoms with Gasteiger partial charge in [-0.2, -0.15) is 4.98 Å². The second kappa shape index (κ2) is 15.8. The van der Waals surface area contributed by atoms with Crippen LogP contribution in [0.15, 0.2) is 94.3 Å². The molecular weight excluding hydrogens is 674 g/mol. The van der Waals surface area contributed by atoms with Crippen molar-refractivity contribution < 1.29 is 33.3 Å². The number of fused-ring (bicyclic) bond motifs is 4. The zero-order valence-corrected chi connectivity index (χ0v) is 30.2. The lowest BCUT2D eigenvalue weighted by Crippen LogP contribution is -2.46. The molecule has 11 heteroatoms. The molecule has 1 aliphatic heterocycles. The van der Waals surface area contributed by atoms with Gasteiger partial charge in [0, 0.05) is 24.1 Å². The van der Waals surface area contributed by atoms with Gasteiger partial charge in [0.15, 0.2) is 0 Å². The van der Waals surface area contributed by atoms with Gasteiger partial charge in [0.25, 0.3) is 0 Å². The predicted octanol–water partition coefficient (Wildman–Crippen LogP) is 7.14. The molecule has 7 rings (SSSR count). The highest BCUT2D eigenvalue weighted by molar-refractivity contribution is 5.82. The Morgan fingerprint density at radius 2 is 1.66 bits per heavy atom. The molecule has 0 spiro atoms. The predicted molar refractivity (Wildman–Crippen MR) is 199 cm³/mol. The van der Waals surface area contributed by atoms with Crippen LogP contribution in [0.1, 0.15) is 75.3 Å². The van der Waals surface area contributed by atoms with Gasteiger partial charge in [0.1, 0.15) is 37.3 Å². The van der Waals surface area contributed by atoms with E-state index in [9.17, 15) is 19.5 Å². The van der Waals surface area contributed by atoms with Crippen molar-refractivity contribution in [1.82, 2.24) is 14.9 Å². The van der Waals surface area contributed by atoms with E-state index in [2.05, 4.69) is 41.5 Å². The fraction of sp³-hybridized carbons (Fsp3) is 0.381. The topological polar surface area (TPSA) is 142 Å². The summed E-state index contributed by atoms with van der Waals surface area (Å²) in [5, 5.41) is 14.1. The normalized spacial score (nSPS) is 18.5. The number of benzene rings is 3. The quantitative estimate of drug-likeness (QED) is 0.0959. The summed E-state index contributed by atoms with van der Waals surface area (Å²) >= 11 is 0. The summed E-state index contributed by atoms with van der Waals surface area (Å²) in [6.07, 6.45) is 2.77. The fourth-order valence-electron chi connectivity index (χ4n) is 7.24. The third kappa shape index (κ3) is 7.77. The summed E-state index contributed by atoms with van der Waals surface area (Å²) in [6, 6.07) is 25.1. The number of aliphatic hydroxyl groups excluding tert-OH is 1. The Morgan fingerprint density at radius 1 is 0.962 bits per heavy atom. The number of aromatic nitrogens is 2. The number of esters is 1. The maximum atomic E-state index is 13.2. The van der Waals surface area contributed by atoms with Gasteiger partial charge in [-0.25, -0.2) is 14.4 Å². The van der Waals surface area contributed by atoms with E-state index in [1.807, 2.05) is 54.6 Å². The van der Waals surface area contributed by atoms with Crippen LogP contribution >= 0.6 is 0 Å². The molecule has 3 heterocycles. The van der Waals surface area contributed by atoms with Gasteiger partial charge in [-0.15, -0.1) is 0 Å². The number of aliphatic hydroxyl groups is 1. The van der Waals surface area contributed by atoms with Crippen molar-refractivity contribution in [3.05, 3.63) is 112 Å². The molecule has 1 fully saturated rings. The zero-order valence-electron chi connectivity index (χ0n) is 30.2. The van der Waals surface area contributed by atoms with Crippen LogP contribution in [0.25, 0.3) is 33.6 Å². The van der Waals surface area contributed by atoms with Crippen molar-refractivity contribution in [2.45, 2.75) is 83.3 Å². The number of ether oxygens (including phenoxy) is 3. The first-order chi connectivity index (χ1) is 25.7. The minimum Gasteiger partial charge on any atom is -0.461 e. The number of hydrogen-bond donors (Lipinski definition) is 2. The minimum absolute atomic E-state index is 0.0884. The van der Waals surface area contributed by atoms with E-state index in [4.69, 9.17) is 18.6 Å². The van der Waals surface area contributed by atoms with Crippen molar-refractivity contribution in [3.8, 4) is 22.5 Å². The number of nitrogens with zero attached hydrogens (tertiary/aromatic N) is 2. The molecule has 2 N–H and O–H groups in total. The Bertz CT molecular complexity index is 2090. The SMILES string of the molecule is CCCCCc1ccc(-c2cc3cn(C4CC(O)C(COC(=O)[C@@H](NC(=O)OCC5c6ccccc6-c6ccccc65)C(C)C)O4)c(=O)nc3o2)cc1. The fourth-order valence-corrected chi connectivity index (χ4v) is 7.24. The molecule has 276 valence electrons. The third-order valence-electron chi connectivity index (χ3n) is 10.2. The van der Waals surface area contributed by atoms with Crippen LogP contribution in [0.3, 0.4) is 0 Å². The second-order valence-electron chi connectivity index (χ2n) is 14.2. The van der Waals surface area contributed by atoms with Gasteiger partial charge in [-0.3, -0.25) is 4.57 Å². The molecule has 4 atom stereocenters. The van der Waals surface area contributed by atoms with E-state index in [-0.39, 0.29) is 37.2 Å². The number of aryl methyl sites for hydroxylation is 1. The zero-order chi connectivity index (χ0) is 37.1. The summed E-state index contributed by atoms with van der Waals surface area (Å²) in [6.45, 7) is 5.59. The van der Waals surface area contributed by atoms with Crippen LogP contribution in [-0.4, -0.2) is 58.2 Å². The molecule has 0 bridgehead atoms. The number of carbonyl (C=O) groups excluding carboxylic acids is 2. The van der Waals surface area contributed by atoms with Crippen molar-refractivity contribution in [2.24, 2.45) is 5.92 Å². The lowest BCUT2D eigenvalue weighted by molar-refractivity contribution is -0.153. The van der Waals surface area contributed by atoms with Crippen molar-refractivity contribution >= 4 is 23.2 Å². The van der Waals surface area contributed by atoms with Gasteiger partial charge >= 0.3 is 17.8 Å². The number of carbonyl (C=O) groups is 2. The van der Waals surface area contributed by atoms with Gasteiger partial charge in [0.05, 0.1) is 11.5 Å². The Morgan fingerprint density at radius 3 is 2.34 bits per heavy atom. The third-order valence-corrected chi connectivity index (χ3v) is 10.2. The van der Waals surface area contributed by atoms with Crippen LogP contribution in [-0.2, 0) is 25.4 Å². The molecule has 3 aromatic carbocycles. The maximum Gasteiger partial charge on any atom is 0.407 e. The van der Waals surface area contributed by atoms with E-state index in [1.165, 1.54) is 23.0 Å². The van der Waals surface area contributed by atoms with E-state index < -0.39 is 42.2 Å². The first-order valence-electron chi connectivity index (χ1n) is 18.4. The Hall–Kier alpha value is -5.26. The highest BCUT2D eigenvalue weighted by Gasteiger charge is 2.38. The first kappa shape index (κ1) is 36.1. The number of unbranched alkanes of at least 4 members (excludes halogenated alkanes) is 2. The number of hydrogen-bond acceptors (Lipinski definition) is 9. The van der Waals surface area contributed by atoms with Crippen LogP contribution in [0, 0.1) is 5.92 Å². The van der Waals surface area contributed by atoms with E-state index >= 15 is 0 Å². The van der Waals surface area contributed by atoms with Crippen molar-refractivity contribution in [3.63, 3.8) is 0 Å². The highest BCUT2D eigenvalue weighted by atomic mass is 16.6. The molecule has 3 unspecified atom stereocenters. The summed E-state index contributed by atoms with van der Waals surface area (Å²) in [7, 11) is 0. The Labute approximate surface area is 307 Å². The molecule has 1 aliphatic carbocycles. The minimum atomic E-state index is -1.02. The molecule has 1 saturated heterocycles. The number of nitrogens with one attached hydrogen (secondary N) is 1. The monoisotopic (exact) mass is 719 g/mol. The molecule has 2 aliphatic rings. The summed E-state index contributed by atoms with van der Waals surface area (Å²) in [5.41, 5.74) is 6.16. The molecule has 11 nitrogen and oxygen atoms in total. The Balaban J connectivity index is 0.943. The average Bonchev–Trinajstić information content (AvgIpc) is 3.84. The van der Waals surface area contributed by atoms with Crippen molar-refractivity contribution in [1.29, 1.82) is 0 Å². The lowest BCUT2D eigenvalue weighted by atomic mass is 9.98. The number of rotatable bonds is 13. The maximum absolute atomic E-state index is 13.2. The first-order valence-corrected chi connectivity index (χ1v) is 18.4. The summed E-state index contributed by atoms with van der Waals surface area (Å²) in [5.74, 6) is -0.533. The molecule has 1 amide bonds. The summed E-state index contributed by atoms with van der Waals surface area (Å²) in [4.78, 5) is 43.4. The van der Waals surface area contributed by atoms with Crippen LogP contribution < -0.4 is 11.0 Å². The molecular formula is C42H45N3O8. The Kier molecular flexibility index (Phi) is 10.7. The van der Waals surface area contributed by atoms with E-state index in [1.54, 1.807) is 20.0 Å². The average molecular weight is 720 g/mol. The molecule has 53 heavy (non-hydrogen) atoms. The van der Waals surface area contributed by atoms with Crippen LogP contribution in [0.4, 0.5) is 4.79 Å². The van der Waals surface area contributed by atoms with Crippen LogP contribution in [0.5, 0.6) is 0 Å². The standard InChI is InChI=1S/C42H45N3O8/c1-4-5-6-11-26-16-18-27(19-17-26)35-20-28-22-45(41(48)44-39(28)53-35)37-21-34(46)36(52-37)24-50-40(47)38(25(2)3)43-42(49)51-23-33-31-14-9-7-12-29(31)30-13-8-10-15-32(30)33/h7-10,12-20,22,25,33-34,36-38,46H,4-6,11,21,23-24H2,1-3H3,(H,43,49)/t34?,36?,37?,38-/m0/s1. The van der Waals surface area contributed by atoms with E-state index in [0.29, 0.717) is 11.1 Å². The molecule has 0 saturated carbocycles. The smallest absolute Gasteiger partial charge is 0.407 e. The van der Waals surface area contributed by atoms with Gasteiger partial charge in [0.2, 0.25) is 5.71 Å². The lowest BCUT2D eigenvalue weighted by Gasteiger charge is -2.23. The van der Waals surface area contributed by atoms with Gasteiger partial charge < -0.3 is 29.1 Å². The number of furan rings is 1. The largest absolute Gasteiger partial charge is 0.461 e. The van der Waals surface area contributed by atoms with Crippen LogP contribution in [0.2, 0.25) is 0 Å². The van der Waals surface area contributed by atoms with Gasteiger partial charge in [-0.05, 0) is 52.6 Å². The molecule has 2 aromatic heterocycles. The van der Waals surface area contributed by atoms with Crippen molar-refractivity contribution in [2.75, 3.05) is 13.2 Å².